The number of carbonyl (C=O) groups excluding carboxylic acids is 1. The predicted octanol–water partition coefficient (Wildman–Crippen LogP) is 2.47. The summed E-state index contributed by atoms with van der Waals surface area (Å²) >= 11 is 1.60. The van der Waals surface area contributed by atoms with Gasteiger partial charge in [0.15, 0.2) is 0 Å². The molecule has 2 fully saturated rings. The van der Waals surface area contributed by atoms with Crippen molar-refractivity contribution in [3.8, 4) is 11.4 Å². The van der Waals surface area contributed by atoms with Crippen LogP contribution in [0.4, 0.5) is 0 Å². The largest absolute Gasteiger partial charge is 0.353 e. The highest BCUT2D eigenvalue weighted by Crippen LogP contribution is 2.29. The number of rotatable bonds is 6. The third-order valence-electron chi connectivity index (χ3n) is 4.77. The van der Waals surface area contributed by atoms with Gasteiger partial charge in [0.05, 0.1) is 0 Å². The third-order valence-corrected chi connectivity index (χ3v) is 5.45. The number of aromatic nitrogens is 2. The summed E-state index contributed by atoms with van der Waals surface area (Å²) in [4.78, 5) is 19.0. The number of piperidine rings is 1. The Labute approximate surface area is 145 Å². The Morgan fingerprint density at radius 2 is 2.17 bits per heavy atom. The molecule has 0 spiro atoms. The summed E-state index contributed by atoms with van der Waals surface area (Å²) in [5.41, 5.74) is 0.960. The SMILES string of the molecule is O=C(CCc1nc(-c2ccsc2)no1)NC1CCN(C2CC2)CC1. The van der Waals surface area contributed by atoms with E-state index in [2.05, 4.69) is 20.4 Å². The molecule has 1 N–H and O–H groups in total. The fourth-order valence-corrected chi connectivity index (χ4v) is 3.87. The molecule has 2 aromatic heterocycles. The molecule has 4 rings (SSSR count). The highest BCUT2D eigenvalue weighted by molar-refractivity contribution is 7.08. The van der Waals surface area contributed by atoms with E-state index < -0.39 is 0 Å². The van der Waals surface area contributed by atoms with Gasteiger partial charge in [-0.3, -0.25) is 4.79 Å². The summed E-state index contributed by atoms with van der Waals surface area (Å²) in [6.45, 7) is 2.23. The first-order chi connectivity index (χ1) is 11.8. The second kappa shape index (κ2) is 7.03. The number of amides is 1. The number of hydrogen-bond donors (Lipinski definition) is 1. The minimum Gasteiger partial charge on any atom is -0.353 e. The Hall–Kier alpha value is -1.73. The fraction of sp³-hybridized carbons (Fsp3) is 0.588. The van der Waals surface area contributed by atoms with Crippen LogP contribution in [0.3, 0.4) is 0 Å². The molecule has 0 aromatic carbocycles. The lowest BCUT2D eigenvalue weighted by Gasteiger charge is -2.32. The molecule has 1 amide bonds. The zero-order valence-electron chi connectivity index (χ0n) is 13.6. The van der Waals surface area contributed by atoms with E-state index in [0.717, 1.165) is 37.5 Å². The number of likely N-dealkylation sites (tertiary alicyclic amines) is 1. The van der Waals surface area contributed by atoms with E-state index in [1.807, 2.05) is 16.8 Å². The van der Waals surface area contributed by atoms with Gasteiger partial charge in [0, 0.05) is 49.0 Å². The number of aryl methyl sites for hydroxylation is 1. The van der Waals surface area contributed by atoms with E-state index in [0.29, 0.717) is 30.6 Å². The average molecular weight is 346 g/mol. The topological polar surface area (TPSA) is 71.3 Å². The maximum Gasteiger partial charge on any atom is 0.227 e. The lowest BCUT2D eigenvalue weighted by Crippen LogP contribution is -2.45. The molecule has 0 unspecified atom stereocenters. The van der Waals surface area contributed by atoms with Gasteiger partial charge in [-0.15, -0.1) is 0 Å². The molecule has 128 valence electrons. The molecule has 1 aliphatic carbocycles. The maximum atomic E-state index is 12.1. The van der Waals surface area contributed by atoms with Crippen LogP contribution in [0.5, 0.6) is 0 Å². The van der Waals surface area contributed by atoms with Gasteiger partial charge >= 0.3 is 0 Å². The van der Waals surface area contributed by atoms with Crippen LogP contribution in [-0.4, -0.2) is 46.1 Å². The Balaban J connectivity index is 1.21. The predicted molar refractivity (Wildman–Crippen MR) is 91.7 cm³/mol. The zero-order valence-corrected chi connectivity index (χ0v) is 14.4. The molecule has 1 aliphatic heterocycles. The summed E-state index contributed by atoms with van der Waals surface area (Å²) in [6, 6.07) is 3.10. The lowest BCUT2D eigenvalue weighted by atomic mass is 10.0. The second-order valence-electron chi connectivity index (χ2n) is 6.63. The molecule has 2 aromatic rings. The third kappa shape index (κ3) is 3.84. The molecule has 3 heterocycles. The van der Waals surface area contributed by atoms with Gasteiger partial charge in [-0.05, 0) is 37.1 Å². The molecule has 2 aliphatic rings. The van der Waals surface area contributed by atoms with Gasteiger partial charge in [-0.1, -0.05) is 5.16 Å². The first-order valence-electron chi connectivity index (χ1n) is 8.66. The Bertz CT molecular complexity index is 673. The van der Waals surface area contributed by atoms with Crippen LogP contribution in [0.2, 0.25) is 0 Å². The van der Waals surface area contributed by atoms with Crippen LogP contribution in [0.25, 0.3) is 11.4 Å². The van der Waals surface area contributed by atoms with E-state index in [-0.39, 0.29) is 5.91 Å². The smallest absolute Gasteiger partial charge is 0.227 e. The molecule has 1 saturated heterocycles. The Morgan fingerprint density at radius 1 is 1.33 bits per heavy atom. The van der Waals surface area contributed by atoms with Gasteiger partial charge in [0.1, 0.15) is 0 Å². The van der Waals surface area contributed by atoms with E-state index in [9.17, 15) is 4.79 Å². The van der Waals surface area contributed by atoms with Crippen LogP contribution in [0, 0.1) is 0 Å². The quantitative estimate of drug-likeness (QED) is 0.870. The van der Waals surface area contributed by atoms with Crippen LogP contribution in [-0.2, 0) is 11.2 Å². The first kappa shape index (κ1) is 15.8. The van der Waals surface area contributed by atoms with E-state index in [1.165, 1.54) is 12.8 Å². The Morgan fingerprint density at radius 3 is 2.88 bits per heavy atom. The summed E-state index contributed by atoms with van der Waals surface area (Å²) in [6.07, 6.45) is 5.72. The molecule has 0 atom stereocenters. The van der Waals surface area contributed by atoms with Crippen LogP contribution >= 0.6 is 11.3 Å². The number of thiophene rings is 1. The summed E-state index contributed by atoms with van der Waals surface area (Å²) in [5, 5.41) is 11.1. The second-order valence-corrected chi connectivity index (χ2v) is 7.41. The number of nitrogens with one attached hydrogen (secondary N) is 1. The van der Waals surface area contributed by atoms with Gasteiger partial charge in [0.2, 0.25) is 17.6 Å². The maximum absolute atomic E-state index is 12.1. The van der Waals surface area contributed by atoms with Gasteiger partial charge in [-0.2, -0.15) is 16.3 Å². The Kier molecular flexibility index (Phi) is 4.62. The fourth-order valence-electron chi connectivity index (χ4n) is 3.23. The highest BCUT2D eigenvalue weighted by atomic mass is 32.1. The zero-order chi connectivity index (χ0) is 16.4. The van der Waals surface area contributed by atoms with Gasteiger partial charge in [-0.25, -0.2) is 0 Å². The van der Waals surface area contributed by atoms with Gasteiger partial charge in [0.25, 0.3) is 0 Å². The molecule has 7 heteroatoms. The van der Waals surface area contributed by atoms with Crippen molar-refractivity contribution in [2.75, 3.05) is 13.1 Å². The van der Waals surface area contributed by atoms with Crippen molar-refractivity contribution in [3.63, 3.8) is 0 Å². The molecule has 0 bridgehead atoms. The molecule has 0 radical (unpaired) electrons. The first-order valence-corrected chi connectivity index (χ1v) is 9.61. The van der Waals surface area contributed by atoms with Crippen LogP contribution < -0.4 is 5.32 Å². The molecule has 24 heavy (non-hydrogen) atoms. The monoisotopic (exact) mass is 346 g/mol. The van der Waals surface area contributed by atoms with Gasteiger partial charge < -0.3 is 14.7 Å². The normalized spacial score (nSPS) is 19.5. The molecule has 6 nitrogen and oxygen atoms in total. The van der Waals surface area contributed by atoms with Crippen molar-refractivity contribution in [1.29, 1.82) is 0 Å². The molecular weight excluding hydrogens is 324 g/mol. The molecule has 1 saturated carbocycles. The number of hydrogen-bond acceptors (Lipinski definition) is 6. The van der Waals surface area contributed by atoms with E-state index in [4.69, 9.17) is 4.52 Å². The van der Waals surface area contributed by atoms with Crippen molar-refractivity contribution in [1.82, 2.24) is 20.4 Å². The van der Waals surface area contributed by atoms with Crippen molar-refractivity contribution in [2.24, 2.45) is 0 Å². The van der Waals surface area contributed by atoms with E-state index in [1.54, 1.807) is 11.3 Å². The van der Waals surface area contributed by atoms with E-state index >= 15 is 0 Å². The van der Waals surface area contributed by atoms with Crippen LogP contribution in [0.15, 0.2) is 21.3 Å². The summed E-state index contributed by atoms with van der Waals surface area (Å²) in [7, 11) is 0. The standard InChI is InChI=1S/C17H22N4O2S/c22-15(18-13-5-8-21(9-6-13)14-1-2-14)3-4-16-19-17(20-23-16)12-7-10-24-11-12/h7,10-11,13-14H,1-6,8-9H2,(H,18,22). The lowest BCUT2D eigenvalue weighted by molar-refractivity contribution is -0.122. The summed E-state index contributed by atoms with van der Waals surface area (Å²) < 4.78 is 5.23. The van der Waals surface area contributed by atoms with Crippen molar-refractivity contribution in [2.45, 2.75) is 50.6 Å². The highest BCUT2D eigenvalue weighted by Gasteiger charge is 2.32. The van der Waals surface area contributed by atoms with Crippen molar-refractivity contribution in [3.05, 3.63) is 22.7 Å². The molecular formula is C17H22N4O2S. The minimum atomic E-state index is 0.0788. The van der Waals surface area contributed by atoms with Crippen LogP contribution in [0.1, 0.15) is 38.0 Å². The van der Waals surface area contributed by atoms with Crippen molar-refractivity contribution < 1.29 is 9.32 Å². The number of carbonyl (C=O) groups is 1. The summed E-state index contributed by atoms with van der Waals surface area (Å²) in [5.74, 6) is 1.20. The minimum absolute atomic E-state index is 0.0788. The number of nitrogens with zero attached hydrogens (tertiary/aromatic N) is 3. The van der Waals surface area contributed by atoms with Crippen molar-refractivity contribution >= 4 is 17.2 Å². The average Bonchev–Trinajstić information content (AvgIpc) is 3.11.